The number of fused-ring (bicyclic) bond motifs is 1. The number of hydrogen-bond acceptors (Lipinski definition) is 4. The fraction of sp³-hybridized carbons (Fsp3) is 0.625. The molecule has 21 heavy (non-hydrogen) atoms. The van der Waals surface area contributed by atoms with Gasteiger partial charge in [-0.15, -0.1) is 0 Å². The molecule has 114 valence electrons. The maximum Gasteiger partial charge on any atom is 0.253 e. The third kappa shape index (κ3) is 2.56. The van der Waals surface area contributed by atoms with Crippen molar-refractivity contribution in [1.29, 1.82) is 0 Å². The third-order valence-corrected chi connectivity index (χ3v) is 4.65. The number of methoxy groups -OCH3 is 1. The van der Waals surface area contributed by atoms with E-state index in [-0.39, 0.29) is 24.0 Å². The van der Waals surface area contributed by atoms with Crippen LogP contribution >= 0.6 is 0 Å². The van der Waals surface area contributed by atoms with E-state index in [9.17, 15) is 4.79 Å². The Labute approximate surface area is 125 Å². The molecule has 0 unspecified atom stereocenters. The van der Waals surface area contributed by atoms with Gasteiger partial charge in [-0.3, -0.25) is 9.78 Å². The first kappa shape index (κ1) is 14.5. The van der Waals surface area contributed by atoms with Crippen LogP contribution in [0.4, 0.5) is 0 Å². The Balaban J connectivity index is 1.71. The average molecular weight is 290 g/mol. The Kier molecular flexibility index (Phi) is 3.95. The molecule has 5 nitrogen and oxygen atoms in total. The second-order valence-electron chi connectivity index (χ2n) is 5.99. The zero-order valence-corrected chi connectivity index (χ0v) is 12.8. The van der Waals surface area contributed by atoms with Crippen LogP contribution in [-0.4, -0.2) is 43.4 Å². The van der Waals surface area contributed by atoms with E-state index in [4.69, 9.17) is 9.47 Å². The number of nitrogens with one attached hydrogen (secondary N) is 1. The van der Waals surface area contributed by atoms with Crippen molar-refractivity contribution in [3.63, 3.8) is 0 Å². The zero-order valence-electron chi connectivity index (χ0n) is 12.8. The molecule has 1 amide bonds. The van der Waals surface area contributed by atoms with Gasteiger partial charge in [-0.1, -0.05) is 0 Å². The minimum Gasteiger partial charge on any atom is -0.384 e. The van der Waals surface area contributed by atoms with E-state index < -0.39 is 0 Å². The molecule has 3 rings (SSSR count). The van der Waals surface area contributed by atoms with E-state index >= 15 is 0 Å². The number of nitrogens with zero attached hydrogens (tertiary/aromatic N) is 1. The van der Waals surface area contributed by atoms with Gasteiger partial charge in [0.25, 0.3) is 5.91 Å². The summed E-state index contributed by atoms with van der Waals surface area (Å²) in [7, 11) is 1.69. The largest absolute Gasteiger partial charge is 0.384 e. The van der Waals surface area contributed by atoms with Crippen LogP contribution in [0, 0.1) is 25.7 Å². The predicted molar refractivity (Wildman–Crippen MR) is 78.2 cm³/mol. The summed E-state index contributed by atoms with van der Waals surface area (Å²) in [6, 6.07) is 3.86. The van der Waals surface area contributed by atoms with E-state index in [1.165, 1.54) is 0 Å². The van der Waals surface area contributed by atoms with Crippen molar-refractivity contribution in [2.75, 3.05) is 20.3 Å². The van der Waals surface area contributed by atoms with Crippen LogP contribution in [0.3, 0.4) is 0 Å². The molecule has 1 saturated carbocycles. The normalized spacial score (nSPS) is 30.6. The van der Waals surface area contributed by atoms with Gasteiger partial charge in [0, 0.05) is 37.3 Å². The van der Waals surface area contributed by atoms with Crippen LogP contribution in [0.25, 0.3) is 0 Å². The molecule has 1 aromatic rings. The Bertz CT molecular complexity index is 546. The summed E-state index contributed by atoms with van der Waals surface area (Å²) in [5.74, 6) is 0.634. The highest BCUT2D eigenvalue weighted by Crippen LogP contribution is 2.43. The van der Waals surface area contributed by atoms with Gasteiger partial charge in [-0.25, -0.2) is 0 Å². The lowest BCUT2D eigenvalue weighted by Crippen LogP contribution is -2.62. The number of hydrogen-bond donors (Lipinski definition) is 1. The lowest BCUT2D eigenvalue weighted by atomic mass is 9.67. The van der Waals surface area contributed by atoms with E-state index in [1.54, 1.807) is 7.11 Å². The fourth-order valence-electron chi connectivity index (χ4n) is 3.59. The molecule has 0 aromatic carbocycles. The van der Waals surface area contributed by atoms with Gasteiger partial charge < -0.3 is 14.8 Å². The predicted octanol–water partition coefficient (Wildman–Crippen LogP) is 1.48. The molecular formula is C16H22N2O3. The highest BCUT2D eigenvalue weighted by molar-refractivity contribution is 5.95. The van der Waals surface area contributed by atoms with E-state index in [2.05, 4.69) is 10.3 Å². The molecule has 5 heteroatoms. The SMILES string of the molecule is COC[C@@H]1[C@@H](NC(=O)c2ccc(C)nc2C)[C@@H]2CCO[C@H]12. The number of carbonyl (C=O) groups is 1. The summed E-state index contributed by atoms with van der Waals surface area (Å²) in [5, 5.41) is 3.16. The van der Waals surface area contributed by atoms with Crippen LogP contribution in [0.1, 0.15) is 28.2 Å². The van der Waals surface area contributed by atoms with Gasteiger partial charge >= 0.3 is 0 Å². The summed E-state index contributed by atoms with van der Waals surface area (Å²) in [6.07, 6.45) is 1.26. The lowest BCUT2D eigenvalue weighted by molar-refractivity contribution is -0.0809. The Morgan fingerprint density at radius 3 is 3.00 bits per heavy atom. The van der Waals surface area contributed by atoms with E-state index in [1.807, 2.05) is 26.0 Å². The fourth-order valence-corrected chi connectivity index (χ4v) is 3.59. The second-order valence-corrected chi connectivity index (χ2v) is 5.99. The quantitative estimate of drug-likeness (QED) is 0.912. The number of aryl methyl sites for hydroxylation is 2. The average Bonchev–Trinajstić information content (AvgIpc) is 2.86. The number of rotatable bonds is 4. The molecule has 0 radical (unpaired) electrons. The zero-order chi connectivity index (χ0) is 15.0. The molecule has 4 atom stereocenters. The second kappa shape index (κ2) is 5.73. The third-order valence-electron chi connectivity index (χ3n) is 4.65. The molecule has 2 fully saturated rings. The number of aromatic nitrogens is 1. The summed E-state index contributed by atoms with van der Waals surface area (Å²) in [6.45, 7) is 5.21. The summed E-state index contributed by atoms with van der Waals surface area (Å²) >= 11 is 0. The Morgan fingerprint density at radius 2 is 2.29 bits per heavy atom. The van der Waals surface area contributed by atoms with Crippen molar-refractivity contribution in [2.45, 2.75) is 32.4 Å². The number of pyridine rings is 1. The molecule has 1 N–H and O–H groups in total. The highest BCUT2D eigenvalue weighted by Gasteiger charge is 2.54. The van der Waals surface area contributed by atoms with Gasteiger partial charge in [0.1, 0.15) is 0 Å². The van der Waals surface area contributed by atoms with E-state index in [0.717, 1.165) is 24.4 Å². The topological polar surface area (TPSA) is 60.5 Å². The molecule has 1 aliphatic heterocycles. The maximum absolute atomic E-state index is 12.5. The van der Waals surface area contributed by atoms with Crippen LogP contribution in [0.15, 0.2) is 12.1 Å². The number of amides is 1. The van der Waals surface area contributed by atoms with Gasteiger partial charge in [0.15, 0.2) is 0 Å². The van der Waals surface area contributed by atoms with Crippen LogP contribution in [0.5, 0.6) is 0 Å². The van der Waals surface area contributed by atoms with Gasteiger partial charge in [-0.2, -0.15) is 0 Å². The Hall–Kier alpha value is -1.46. The van der Waals surface area contributed by atoms with Crippen molar-refractivity contribution in [3.8, 4) is 0 Å². The van der Waals surface area contributed by atoms with Crippen molar-refractivity contribution in [1.82, 2.24) is 10.3 Å². The lowest BCUT2D eigenvalue weighted by Gasteiger charge is -2.47. The minimum atomic E-state index is -0.0450. The molecule has 1 aromatic heterocycles. The maximum atomic E-state index is 12.5. The van der Waals surface area contributed by atoms with Crippen LogP contribution < -0.4 is 5.32 Å². The van der Waals surface area contributed by atoms with Crippen molar-refractivity contribution < 1.29 is 14.3 Å². The summed E-state index contributed by atoms with van der Waals surface area (Å²) in [4.78, 5) is 16.8. The molecule has 0 spiro atoms. The molecule has 2 aliphatic rings. The first-order chi connectivity index (χ1) is 10.1. The number of ether oxygens (including phenoxy) is 2. The molecule has 0 bridgehead atoms. The van der Waals surface area contributed by atoms with Crippen LogP contribution in [0.2, 0.25) is 0 Å². The first-order valence-corrected chi connectivity index (χ1v) is 7.47. The Morgan fingerprint density at radius 1 is 1.48 bits per heavy atom. The van der Waals surface area contributed by atoms with E-state index in [0.29, 0.717) is 18.1 Å². The van der Waals surface area contributed by atoms with Crippen molar-refractivity contribution >= 4 is 5.91 Å². The monoisotopic (exact) mass is 290 g/mol. The summed E-state index contributed by atoms with van der Waals surface area (Å²) < 4.78 is 11.0. The number of carbonyl (C=O) groups excluding carboxylic acids is 1. The summed E-state index contributed by atoms with van der Waals surface area (Å²) in [5.41, 5.74) is 2.35. The molecule has 2 heterocycles. The van der Waals surface area contributed by atoms with Gasteiger partial charge in [-0.05, 0) is 32.4 Å². The highest BCUT2D eigenvalue weighted by atomic mass is 16.5. The molecule has 1 saturated heterocycles. The smallest absolute Gasteiger partial charge is 0.253 e. The van der Waals surface area contributed by atoms with Crippen molar-refractivity contribution in [2.24, 2.45) is 11.8 Å². The van der Waals surface area contributed by atoms with Crippen molar-refractivity contribution in [3.05, 3.63) is 29.1 Å². The van der Waals surface area contributed by atoms with Gasteiger partial charge in [0.2, 0.25) is 0 Å². The minimum absolute atomic E-state index is 0.0450. The standard InChI is InChI=1S/C16H22N2O3/c1-9-4-5-11(10(2)17-9)16(19)18-14-12-6-7-21-15(12)13(14)8-20-3/h4-5,12-15H,6-8H2,1-3H3,(H,18,19)/t12-,13+,14-,15-/m0/s1. The first-order valence-electron chi connectivity index (χ1n) is 7.47. The van der Waals surface area contributed by atoms with Gasteiger partial charge in [0.05, 0.1) is 24.0 Å². The molecular weight excluding hydrogens is 268 g/mol. The van der Waals surface area contributed by atoms with Crippen LogP contribution in [-0.2, 0) is 9.47 Å². The molecule has 1 aliphatic carbocycles.